The van der Waals surface area contributed by atoms with Crippen LogP contribution in [0.3, 0.4) is 0 Å². The van der Waals surface area contributed by atoms with Gasteiger partial charge in [-0.2, -0.15) is 0 Å². The normalized spacial score (nSPS) is 9.73. The highest BCUT2D eigenvalue weighted by Gasteiger charge is 2.13. The van der Waals surface area contributed by atoms with E-state index in [1.165, 1.54) is 0 Å². The van der Waals surface area contributed by atoms with Crippen LogP contribution in [0.4, 0.5) is 10.1 Å². The van der Waals surface area contributed by atoms with Crippen LogP contribution < -0.4 is 5.32 Å². The van der Waals surface area contributed by atoms with Gasteiger partial charge in [0.25, 0.3) is 11.6 Å². The van der Waals surface area contributed by atoms with Gasteiger partial charge in [0, 0.05) is 18.2 Å². The number of carbonyl (C=O) groups is 1. The molecule has 0 aliphatic heterocycles. The predicted molar refractivity (Wildman–Crippen MR) is 51.1 cm³/mol. The van der Waals surface area contributed by atoms with Crippen LogP contribution in [0.5, 0.6) is 0 Å². The lowest BCUT2D eigenvalue weighted by molar-refractivity contribution is -0.385. The quantitative estimate of drug-likeness (QED) is 0.609. The second-order valence-corrected chi connectivity index (χ2v) is 2.81. The number of halogens is 1. The number of nitro groups is 1. The number of nitro benzene ring substituents is 1. The number of nitrogens with one attached hydrogen (secondary N) is 1. The second-order valence-electron chi connectivity index (χ2n) is 2.81. The van der Waals surface area contributed by atoms with Crippen molar-refractivity contribution in [3.8, 4) is 0 Å². The van der Waals surface area contributed by atoms with E-state index in [9.17, 15) is 19.3 Å². The van der Waals surface area contributed by atoms with Crippen LogP contribution in [0, 0.1) is 15.9 Å². The minimum Gasteiger partial charge on any atom is -0.352 e. The smallest absolute Gasteiger partial charge is 0.273 e. The highest BCUT2D eigenvalue weighted by Crippen LogP contribution is 2.16. The van der Waals surface area contributed by atoms with Gasteiger partial charge in [0.2, 0.25) is 0 Å². The van der Waals surface area contributed by atoms with Gasteiger partial charge in [-0.25, -0.2) is 4.39 Å². The Hall–Kier alpha value is -1.98. The molecule has 5 nitrogen and oxygen atoms in total. The van der Waals surface area contributed by atoms with Crippen molar-refractivity contribution in [1.82, 2.24) is 5.32 Å². The van der Waals surface area contributed by atoms with E-state index in [0.29, 0.717) is 6.54 Å². The molecule has 0 radical (unpaired) electrons. The van der Waals surface area contributed by atoms with Crippen molar-refractivity contribution in [2.24, 2.45) is 0 Å². The van der Waals surface area contributed by atoms with Gasteiger partial charge in [-0.15, -0.1) is 0 Å². The first-order valence-corrected chi connectivity index (χ1v) is 4.27. The minimum absolute atomic E-state index is 0.0523. The molecule has 0 bridgehead atoms. The van der Waals surface area contributed by atoms with Gasteiger partial charge in [-0.05, 0) is 13.0 Å². The Morgan fingerprint density at radius 3 is 2.73 bits per heavy atom. The molecule has 0 unspecified atom stereocenters. The van der Waals surface area contributed by atoms with Crippen molar-refractivity contribution in [3.05, 3.63) is 39.7 Å². The van der Waals surface area contributed by atoms with Crippen LogP contribution >= 0.6 is 0 Å². The Balaban J connectivity index is 3.09. The van der Waals surface area contributed by atoms with Crippen molar-refractivity contribution in [2.75, 3.05) is 6.54 Å². The standard InChI is InChI=1S/C9H9FN2O3/c1-2-11-9(13)6-3-7(10)5-8(4-6)12(14)15/h3-5H,2H2,1H3,(H,11,13). The molecule has 0 saturated heterocycles. The molecule has 1 rings (SSSR count). The Bertz CT molecular complexity index is 406. The maximum Gasteiger partial charge on any atom is 0.273 e. The van der Waals surface area contributed by atoms with Gasteiger partial charge in [-0.3, -0.25) is 14.9 Å². The lowest BCUT2D eigenvalue weighted by Crippen LogP contribution is -2.22. The van der Waals surface area contributed by atoms with Crippen molar-refractivity contribution in [1.29, 1.82) is 0 Å². The molecule has 1 aromatic carbocycles. The number of benzene rings is 1. The van der Waals surface area contributed by atoms with Gasteiger partial charge < -0.3 is 5.32 Å². The second kappa shape index (κ2) is 4.50. The predicted octanol–water partition coefficient (Wildman–Crippen LogP) is 1.48. The summed E-state index contributed by atoms with van der Waals surface area (Å²) in [5, 5.41) is 12.8. The number of hydrogen-bond acceptors (Lipinski definition) is 3. The maximum absolute atomic E-state index is 12.9. The van der Waals surface area contributed by atoms with Crippen molar-refractivity contribution in [2.45, 2.75) is 6.92 Å². The summed E-state index contributed by atoms with van der Waals surface area (Å²) in [7, 11) is 0. The summed E-state index contributed by atoms with van der Waals surface area (Å²) in [5.74, 6) is -1.33. The van der Waals surface area contributed by atoms with Crippen LogP contribution in [-0.2, 0) is 0 Å². The molecule has 0 heterocycles. The van der Waals surface area contributed by atoms with E-state index < -0.39 is 22.3 Å². The molecule has 80 valence electrons. The van der Waals surface area contributed by atoms with Crippen LogP contribution in [0.15, 0.2) is 18.2 Å². The number of amides is 1. The summed E-state index contributed by atoms with van der Waals surface area (Å²) in [6.07, 6.45) is 0. The minimum atomic E-state index is -0.801. The molecular weight excluding hydrogens is 203 g/mol. The zero-order valence-corrected chi connectivity index (χ0v) is 7.99. The molecule has 1 N–H and O–H groups in total. The maximum atomic E-state index is 12.9. The van der Waals surface area contributed by atoms with E-state index in [1.54, 1.807) is 6.92 Å². The fraction of sp³-hybridized carbons (Fsp3) is 0.222. The molecule has 0 fully saturated rings. The molecule has 0 aliphatic rings. The summed E-state index contributed by atoms with van der Waals surface area (Å²) in [4.78, 5) is 20.9. The number of non-ortho nitro benzene ring substituents is 1. The summed E-state index contributed by atoms with van der Waals surface area (Å²) in [5.41, 5.74) is -0.486. The average Bonchev–Trinajstić information content (AvgIpc) is 2.17. The number of carbonyl (C=O) groups excluding carboxylic acids is 1. The lowest BCUT2D eigenvalue weighted by atomic mass is 10.2. The van der Waals surface area contributed by atoms with E-state index in [4.69, 9.17) is 0 Å². The van der Waals surface area contributed by atoms with Gasteiger partial charge >= 0.3 is 0 Å². The molecule has 15 heavy (non-hydrogen) atoms. The molecule has 1 aromatic rings. The Kier molecular flexibility index (Phi) is 3.33. The fourth-order valence-corrected chi connectivity index (χ4v) is 1.07. The fourth-order valence-electron chi connectivity index (χ4n) is 1.07. The third-order valence-corrected chi connectivity index (χ3v) is 1.69. The van der Waals surface area contributed by atoms with Gasteiger partial charge in [-0.1, -0.05) is 0 Å². The molecule has 0 aromatic heterocycles. The molecule has 0 atom stereocenters. The van der Waals surface area contributed by atoms with E-state index in [-0.39, 0.29) is 5.56 Å². The summed E-state index contributed by atoms with van der Waals surface area (Å²) in [6, 6.07) is 2.76. The molecule has 0 aliphatic carbocycles. The van der Waals surface area contributed by atoms with Crippen molar-refractivity contribution < 1.29 is 14.1 Å². The highest BCUT2D eigenvalue weighted by molar-refractivity contribution is 5.94. The largest absolute Gasteiger partial charge is 0.352 e. The number of hydrogen-bond donors (Lipinski definition) is 1. The first-order valence-electron chi connectivity index (χ1n) is 4.27. The molecule has 0 spiro atoms. The third kappa shape index (κ3) is 2.73. The molecule has 6 heteroatoms. The first kappa shape index (κ1) is 11.1. The van der Waals surface area contributed by atoms with Crippen LogP contribution in [0.2, 0.25) is 0 Å². The SMILES string of the molecule is CCNC(=O)c1cc(F)cc([N+](=O)[O-])c1. The van der Waals surface area contributed by atoms with Crippen molar-refractivity contribution in [3.63, 3.8) is 0 Å². The van der Waals surface area contributed by atoms with Gasteiger partial charge in [0.15, 0.2) is 0 Å². The molecule has 0 saturated carbocycles. The average molecular weight is 212 g/mol. The summed E-state index contributed by atoms with van der Waals surface area (Å²) in [6.45, 7) is 2.08. The van der Waals surface area contributed by atoms with Gasteiger partial charge in [0.1, 0.15) is 5.82 Å². The topological polar surface area (TPSA) is 72.2 Å². The van der Waals surface area contributed by atoms with E-state index in [2.05, 4.69) is 5.32 Å². The Morgan fingerprint density at radius 1 is 1.53 bits per heavy atom. The molecular formula is C9H9FN2O3. The van der Waals surface area contributed by atoms with E-state index in [0.717, 1.165) is 18.2 Å². The molecule has 1 amide bonds. The first-order chi connectivity index (χ1) is 7.04. The van der Waals surface area contributed by atoms with Crippen LogP contribution in [0.1, 0.15) is 17.3 Å². The zero-order chi connectivity index (χ0) is 11.4. The van der Waals surface area contributed by atoms with Crippen LogP contribution in [0.25, 0.3) is 0 Å². The van der Waals surface area contributed by atoms with Gasteiger partial charge in [0.05, 0.1) is 11.0 Å². The zero-order valence-electron chi connectivity index (χ0n) is 7.99. The van der Waals surface area contributed by atoms with Crippen LogP contribution in [-0.4, -0.2) is 17.4 Å². The Labute approximate surface area is 85.1 Å². The summed E-state index contributed by atoms with van der Waals surface area (Å²) < 4.78 is 12.9. The Morgan fingerprint density at radius 2 is 2.20 bits per heavy atom. The van der Waals surface area contributed by atoms with Crippen molar-refractivity contribution >= 4 is 11.6 Å². The highest BCUT2D eigenvalue weighted by atomic mass is 19.1. The third-order valence-electron chi connectivity index (χ3n) is 1.69. The lowest BCUT2D eigenvalue weighted by Gasteiger charge is -2.01. The monoisotopic (exact) mass is 212 g/mol. The summed E-state index contributed by atoms with van der Waals surface area (Å²) >= 11 is 0. The van der Waals surface area contributed by atoms with E-state index >= 15 is 0 Å². The number of rotatable bonds is 3. The number of nitrogens with zero attached hydrogens (tertiary/aromatic N) is 1. The van der Waals surface area contributed by atoms with E-state index in [1.807, 2.05) is 0 Å².